The van der Waals surface area contributed by atoms with E-state index in [9.17, 15) is 4.79 Å². The van der Waals surface area contributed by atoms with Gasteiger partial charge >= 0.3 is 0 Å². The summed E-state index contributed by atoms with van der Waals surface area (Å²) >= 11 is 0. The highest BCUT2D eigenvalue weighted by Crippen LogP contribution is 2.27. The molecule has 0 aromatic heterocycles. The number of epoxide rings is 1. The van der Waals surface area contributed by atoms with Gasteiger partial charge in [0.2, 0.25) is 0 Å². The summed E-state index contributed by atoms with van der Waals surface area (Å²) < 4.78 is 5.06. The lowest BCUT2D eigenvalue weighted by molar-refractivity contribution is -0.118. The highest BCUT2D eigenvalue weighted by atomic mass is 16.6. The third kappa shape index (κ3) is 2.34. The van der Waals surface area contributed by atoms with Gasteiger partial charge in [0.1, 0.15) is 0 Å². The second-order valence-electron chi connectivity index (χ2n) is 4.13. The minimum Gasteiger partial charge on any atom is -0.361 e. The first kappa shape index (κ1) is 10.1. The molecule has 1 aromatic rings. The van der Waals surface area contributed by atoms with E-state index in [0.29, 0.717) is 6.61 Å². The molecule has 1 aromatic carbocycles. The highest BCUT2D eigenvalue weighted by molar-refractivity contribution is 6.01. The summed E-state index contributed by atoms with van der Waals surface area (Å²) in [5.41, 5.74) is 1.72. The number of aryl methyl sites for hydroxylation is 1. The molecule has 0 aliphatic carbocycles. The zero-order chi connectivity index (χ0) is 10.9. The van der Waals surface area contributed by atoms with Gasteiger partial charge in [0, 0.05) is 0 Å². The van der Waals surface area contributed by atoms with Crippen LogP contribution in [0.1, 0.15) is 18.1 Å². The van der Waals surface area contributed by atoms with Crippen LogP contribution in [0.4, 0.5) is 0 Å². The van der Waals surface area contributed by atoms with Crippen LogP contribution >= 0.6 is 0 Å². The van der Waals surface area contributed by atoms with Crippen LogP contribution in [0.2, 0.25) is 0 Å². The predicted molar refractivity (Wildman–Crippen MR) is 59.6 cm³/mol. The van der Waals surface area contributed by atoms with E-state index in [2.05, 4.69) is 0 Å². The van der Waals surface area contributed by atoms with Gasteiger partial charge in [-0.1, -0.05) is 35.9 Å². The van der Waals surface area contributed by atoms with Crippen LogP contribution in [0.15, 0.2) is 30.3 Å². The van der Waals surface area contributed by atoms with Crippen molar-refractivity contribution in [2.45, 2.75) is 19.4 Å². The number of carbonyl (C=O) groups is 1. The summed E-state index contributed by atoms with van der Waals surface area (Å²) in [7, 11) is 0. The van der Waals surface area contributed by atoms with Crippen LogP contribution in [0.5, 0.6) is 0 Å². The van der Waals surface area contributed by atoms with E-state index in [1.807, 2.05) is 44.2 Å². The maximum absolute atomic E-state index is 11.6. The monoisotopic (exact) mass is 202 g/mol. The molecule has 1 atom stereocenters. The minimum atomic E-state index is -0.540. The van der Waals surface area contributed by atoms with E-state index in [1.165, 1.54) is 5.56 Å². The first-order valence-corrected chi connectivity index (χ1v) is 5.03. The van der Waals surface area contributed by atoms with Gasteiger partial charge in [0.05, 0.1) is 6.61 Å². The summed E-state index contributed by atoms with van der Waals surface area (Å²) in [5.74, 6) is 0.0445. The van der Waals surface area contributed by atoms with Crippen molar-refractivity contribution >= 4 is 11.9 Å². The Bertz CT molecular complexity index is 397. The molecule has 0 N–H and O–H groups in total. The van der Waals surface area contributed by atoms with E-state index in [-0.39, 0.29) is 5.78 Å². The zero-order valence-corrected chi connectivity index (χ0v) is 8.99. The number of carbonyl (C=O) groups excluding carboxylic acids is 1. The number of rotatable bonds is 3. The van der Waals surface area contributed by atoms with Gasteiger partial charge in [-0.15, -0.1) is 0 Å². The fourth-order valence-electron chi connectivity index (χ4n) is 1.28. The van der Waals surface area contributed by atoms with E-state index in [0.717, 1.165) is 5.56 Å². The molecule has 1 saturated heterocycles. The second-order valence-corrected chi connectivity index (χ2v) is 4.13. The summed E-state index contributed by atoms with van der Waals surface area (Å²) in [6, 6.07) is 8.05. The fourth-order valence-corrected chi connectivity index (χ4v) is 1.28. The Morgan fingerprint density at radius 3 is 2.53 bits per heavy atom. The Morgan fingerprint density at radius 2 is 2.00 bits per heavy atom. The van der Waals surface area contributed by atoms with Gasteiger partial charge < -0.3 is 4.74 Å². The standard InChI is InChI=1S/C13H14O2/c1-10-3-5-11(6-4-10)7-8-12(14)13(2)9-15-13/h3-8H,9H2,1-2H3/b8-7+/t13-/m1/s1. The summed E-state index contributed by atoms with van der Waals surface area (Å²) in [4.78, 5) is 11.6. The fraction of sp³-hybridized carbons (Fsp3) is 0.308. The molecule has 15 heavy (non-hydrogen) atoms. The van der Waals surface area contributed by atoms with Gasteiger partial charge in [-0.2, -0.15) is 0 Å². The van der Waals surface area contributed by atoms with Crippen LogP contribution in [-0.2, 0) is 9.53 Å². The Balaban J connectivity index is 2.05. The summed E-state index contributed by atoms with van der Waals surface area (Å²) in [6.45, 7) is 4.40. The first-order chi connectivity index (χ1) is 7.10. The third-order valence-electron chi connectivity index (χ3n) is 2.60. The number of ether oxygens (including phenoxy) is 1. The molecular formula is C13H14O2. The molecule has 0 spiro atoms. The van der Waals surface area contributed by atoms with Crippen LogP contribution in [0, 0.1) is 6.92 Å². The van der Waals surface area contributed by atoms with Crippen molar-refractivity contribution < 1.29 is 9.53 Å². The molecule has 2 nitrogen and oxygen atoms in total. The zero-order valence-electron chi connectivity index (χ0n) is 8.99. The molecule has 1 fully saturated rings. The van der Waals surface area contributed by atoms with Crippen molar-refractivity contribution in [3.63, 3.8) is 0 Å². The van der Waals surface area contributed by atoms with E-state index >= 15 is 0 Å². The van der Waals surface area contributed by atoms with Gasteiger partial charge in [0.15, 0.2) is 11.4 Å². The molecule has 0 bridgehead atoms. The molecule has 2 heteroatoms. The lowest BCUT2D eigenvalue weighted by Gasteiger charge is -1.98. The topological polar surface area (TPSA) is 29.6 Å². The molecule has 1 aliphatic rings. The quantitative estimate of drug-likeness (QED) is 0.556. The average Bonchev–Trinajstić information content (AvgIpc) is 2.97. The van der Waals surface area contributed by atoms with Crippen molar-refractivity contribution in [1.82, 2.24) is 0 Å². The van der Waals surface area contributed by atoms with Crippen LogP contribution in [-0.4, -0.2) is 18.0 Å². The molecule has 0 amide bonds. The highest BCUT2D eigenvalue weighted by Gasteiger charge is 2.45. The van der Waals surface area contributed by atoms with Crippen molar-refractivity contribution in [2.24, 2.45) is 0 Å². The molecule has 1 aliphatic heterocycles. The number of hydrogen-bond donors (Lipinski definition) is 0. The molecule has 0 saturated carbocycles. The average molecular weight is 202 g/mol. The van der Waals surface area contributed by atoms with Crippen LogP contribution in [0.3, 0.4) is 0 Å². The Labute approximate surface area is 89.6 Å². The van der Waals surface area contributed by atoms with Gasteiger partial charge in [-0.05, 0) is 25.5 Å². The molecule has 0 radical (unpaired) electrons. The maximum atomic E-state index is 11.6. The van der Waals surface area contributed by atoms with Crippen LogP contribution in [0.25, 0.3) is 6.08 Å². The van der Waals surface area contributed by atoms with Gasteiger partial charge in [-0.3, -0.25) is 4.79 Å². The number of benzene rings is 1. The minimum absolute atomic E-state index is 0.0445. The van der Waals surface area contributed by atoms with E-state index < -0.39 is 5.60 Å². The third-order valence-corrected chi connectivity index (χ3v) is 2.60. The smallest absolute Gasteiger partial charge is 0.189 e. The number of hydrogen-bond acceptors (Lipinski definition) is 2. The van der Waals surface area contributed by atoms with Gasteiger partial charge in [-0.25, -0.2) is 0 Å². The summed E-state index contributed by atoms with van der Waals surface area (Å²) in [6.07, 6.45) is 3.42. The Morgan fingerprint density at radius 1 is 1.40 bits per heavy atom. The molecule has 2 rings (SSSR count). The SMILES string of the molecule is Cc1ccc(/C=C/C(=O)[C@@]2(C)CO2)cc1. The van der Waals surface area contributed by atoms with E-state index in [1.54, 1.807) is 6.08 Å². The summed E-state index contributed by atoms with van der Waals surface area (Å²) in [5, 5.41) is 0. The molecular weight excluding hydrogens is 188 g/mol. The van der Waals surface area contributed by atoms with Crippen molar-refractivity contribution in [3.05, 3.63) is 41.5 Å². The Kier molecular flexibility index (Phi) is 2.45. The lowest BCUT2D eigenvalue weighted by atomic mass is 10.1. The normalized spacial score (nSPS) is 24.4. The number of ketones is 1. The van der Waals surface area contributed by atoms with Crippen molar-refractivity contribution in [2.75, 3.05) is 6.61 Å². The lowest BCUT2D eigenvalue weighted by Crippen LogP contribution is -2.17. The molecule has 1 heterocycles. The molecule has 78 valence electrons. The first-order valence-electron chi connectivity index (χ1n) is 5.03. The molecule has 0 unspecified atom stereocenters. The maximum Gasteiger partial charge on any atom is 0.189 e. The van der Waals surface area contributed by atoms with Crippen LogP contribution < -0.4 is 0 Å². The second kappa shape index (κ2) is 3.63. The van der Waals surface area contributed by atoms with Crippen molar-refractivity contribution in [3.8, 4) is 0 Å². The largest absolute Gasteiger partial charge is 0.361 e. The van der Waals surface area contributed by atoms with Crippen molar-refractivity contribution in [1.29, 1.82) is 0 Å². The van der Waals surface area contributed by atoms with E-state index in [4.69, 9.17) is 4.74 Å². The Hall–Kier alpha value is -1.41. The van der Waals surface area contributed by atoms with Gasteiger partial charge in [0.25, 0.3) is 0 Å². The predicted octanol–water partition coefficient (Wildman–Crippen LogP) is 2.37.